The Kier molecular flexibility index (Phi) is 5.67. The molecule has 0 amide bonds. The maximum atomic E-state index is 10.0. The van der Waals surface area contributed by atoms with Gasteiger partial charge in [-0.1, -0.05) is 29.8 Å². The number of aliphatic hydroxyl groups excluding tert-OH is 1. The lowest BCUT2D eigenvalue weighted by Crippen LogP contribution is -2.37. The molecule has 0 radical (unpaired) electrons. The van der Waals surface area contributed by atoms with E-state index >= 15 is 0 Å². The third-order valence-corrected chi connectivity index (χ3v) is 5.46. The van der Waals surface area contributed by atoms with Crippen molar-refractivity contribution in [3.8, 4) is 22.7 Å². The van der Waals surface area contributed by atoms with E-state index in [4.69, 9.17) is 21.4 Å². The summed E-state index contributed by atoms with van der Waals surface area (Å²) in [6.07, 6.45) is 3.68. The standard InChI is InChI=1S/C22H24ClN3O2/c1-28-19-10-8-17(9-11-19)26-14-16(13-25-12-4-5-18(27)15-25)22(24-26)20-6-2-3-7-21(20)23/h2-3,6-11,14,18,27H,4-5,12-13,15H2,1H3/t18-/m0/s1. The van der Waals surface area contributed by atoms with E-state index in [-0.39, 0.29) is 6.10 Å². The summed E-state index contributed by atoms with van der Waals surface area (Å²) >= 11 is 6.47. The molecule has 0 spiro atoms. The van der Waals surface area contributed by atoms with E-state index in [1.807, 2.05) is 53.2 Å². The van der Waals surface area contributed by atoms with Gasteiger partial charge in [0, 0.05) is 30.4 Å². The monoisotopic (exact) mass is 397 g/mol. The number of nitrogens with zero attached hydrogens (tertiary/aromatic N) is 3. The number of aromatic nitrogens is 2. The summed E-state index contributed by atoms with van der Waals surface area (Å²) in [6.45, 7) is 2.40. The van der Waals surface area contributed by atoms with Gasteiger partial charge in [-0.3, -0.25) is 4.90 Å². The van der Waals surface area contributed by atoms with Crippen molar-refractivity contribution >= 4 is 11.6 Å². The zero-order valence-electron chi connectivity index (χ0n) is 15.9. The Hall–Kier alpha value is -2.34. The van der Waals surface area contributed by atoms with E-state index in [2.05, 4.69) is 11.1 Å². The number of hydrogen-bond donors (Lipinski definition) is 1. The van der Waals surface area contributed by atoms with Crippen LogP contribution in [-0.2, 0) is 6.54 Å². The second-order valence-corrected chi connectivity index (χ2v) is 7.56. The van der Waals surface area contributed by atoms with E-state index in [0.29, 0.717) is 11.6 Å². The molecule has 1 atom stereocenters. The number of piperidine rings is 1. The molecule has 1 saturated heterocycles. The Bertz CT molecular complexity index is 939. The predicted octanol–water partition coefficient (Wildman–Crippen LogP) is 4.16. The van der Waals surface area contributed by atoms with Crippen LogP contribution in [0.25, 0.3) is 16.9 Å². The number of β-amino-alcohol motifs (C(OH)–C–C–N with tert-alkyl or cyclic N) is 1. The highest BCUT2D eigenvalue weighted by atomic mass is 35.5. The van der Waals surface area contributed by atoms with Crippen LogP contribution in [0.15, 0.2) is 54.7 Å². The molecular weight excluding hydrogens is 374 g/mol. The molecule has 4 rings (SSSR count). The third kappa shape index (κ3) is 4.07. The van der Waals surface area contributed by atoms with Crippen LogP contribution in [-0.4, -0.2) is 46.1 Å². The Labute approximate surface area is 170 Å². The number of rotatable bonds is 5. The lowest BCUT2D eigenvalue weighted by molar-refractivity contribution is 0.0669. The normalized spacial score (nSPS) is 17.6. The zero-order valence-corrected chi connectivity index (χ0v) is 16.6. The number of ether oxygens (including phenoxy) is 1. The SMILES string of the molecule is COc1ccc(-n2cc(CN3CCC[C@H](O)C3)c(-c3ccccc3Cl)n2)cc1. The highest BCUT2D eigenvalue weighted by Crippen LogP contribution is 2.31. The molecule has 2 heterocycles. The first-order chi connectivity index (χ1) is 13.6. The van der Waals surface area contributed by atoms with Crippen LogP contribution < -0.4 is 4.74 Å². The fraction of sp³-hybridized carbons (Fsp3) is 0.318. The van der Waals surface area contributed by atoms with Gasteiger partial charge in [-0.25, -0.2) is 4.68 Å². The van der Waals surface area contributed by atoms with Gasteiger partial charge in [-0.05, 0) is 49.7 Å². The van der Waals surface area contributed by atoms with Crippen molar-refractivity contribution < 1.29 is 9.84 Å². The minimum absolute atomic E-state index is 0.255. The van der Waals surface area contributed by atoms with Crippen molar-refractivity contribution in [1.82, 2.24) is 14.7 Å². The van der Waals surface area contributed by atoms with Gasteiger partial charge in [-0.15, -0.1) is 0 Å². The summed E-state index contributed by atoms with van der Waals surface area (Å²) < 4.78 is 7.13. The maximum Gasteiger partial charge on any atom is 0.119 e. The summed E-state index contributed by atoms with van der Waals surface area (Å²) in [7, 11) is 1.66. The molecule has 0 saturated carbocycles. The molecule has 2 aromatic carbocycles. The predicted molar refractivity (Wildman–Crippen MR) is 111 cm³/mol. The fourth-order valence-corrected chi connectivity index (χ4v) is 3.91. The third-order valence-electron chi connectivity index (χ3n) is 5.13. The van der Waals surface area contributed by atoms with Crippen molar-refractivity contribution in [1.29, 1.82) is 0 Å². The lowest BCUT2D eigenvalue weighted by Gasteiger charge is -2.29. The largest absolute Gasteiger partial charge is 0.497 e. The van der Waals surface area contributed by atoms with Gasteiger partial charge in [0.05, 0.1) is 29.6 Å². The Morgan fingerprint density at radius 1 is 1.18 bits per heavy atom. The van der Waals surface area contributed by atoms with Gasteiger partial charge in [0.2, 0.25) is 0 Å². The minimum Gasteiger partial charge on any atom is -0.497 e. The molecule has 1 aromatic heterocycles. The molecule has 3 aromatic rings. The molecule has 146 valence electrons. The van der Waals surface area contributed by atoms with Crippen LogP contribution >= 0.6 is 11.6 Å². The van der Waals surface area contributed by atoms with Crippen LogP contribution in [0.5, 0.6) is 5.75 Å². The van der Waals surface area contributed by atoms with Gasteiger partial charge in [0.15, 0.2) is 0 Å². The summed E-state index contributed by atoms with van der Waals surface area (Å²) in [5.74, 6) is 0.810. The molecule has 0 aliphatic carbocycles. The summed E-state index contributed by atoms with van der Waals surface area (Å²) in [6, 6.07) is 15.6. The number of halogens is 1. The molecule has 5 nitrogen and oxygen atoms in total. The van der Waals surface area contributed by atoms with Gasteiger partial charge in [-0.2, -0.15) is 5.10 Å². The first-order valence-corrected chi connectivity index (χ1v) is 9.90. The minimum atomic E-state index is -0.255. The molecule has 1 aliphatic rings. The van der Waals surface area contributed by atoms with Gasteiger partial charge >= 0.3 is 0 Å². The number of benzene rings is 2. The molecule has 0 unspecified atom stereocenters. The molecule has 1 fully saturated rings. The number of hydrogen-bond acceptors (Lipinski definition) is 4. The van der Waals surface area contributed by atoms with Crippen LogP contribution in [0.2, 0.25) is 5.02 Å². The van der Waals surface area contributed by atoms with E-state index in [1.165, 1.54) is 0 Å². The number of aliphatic hydroxyl groups is 1. The van der Waals surface area contributed by atoms with Gasteiger partial charge in [0.25, 0.3) is 0 Å². The second kappa shape index (κ2) is 8.35. The van der Waals surface area contributed by atoms with Crippen molar-refractivity contribution in [2.75, 3.05) is 20.2 Å². The van der Waals surface area contributed by atoms with E-state index in [0.717, 1.165) is 54.2 Å². The highest BCUT2D eigenvalue weighted by Gasteiger charge is 2.21. The lowest BCUT2D eigenvalue weighted by atomic mass is 10.1. The molecular formula is C22H24ClN3O2. The Morgan fingerprint density at radius 2 is 1.96 bits per heavy atom. The Balaban J connectivity index is 1.71. The summed E-state index contributed by atoms with van der Waals surface area (Å²) in [5, 5.41) is 15.6. The average molecular weight is 398 g/mol. The van der Waals surface area contributed by atoms with E-state index in [9.17, 15) is 5.11 Å². The van der Waals surface area contributed by atoms with Crippen molar-refractivity contribution in [2.45, 2.75) is 25.5 Å². The molecule has 1 N–H and O–H groups in total. The topological polar surface area (TPSA) is 50.5 Å². The van der Waals surface area contributed by atoms with Gasteiger partial charge < -0.3 is 9.84 Å². The van der Waals surface area contributed by atoms with Crippen LogP contribution in [0, 0.1) is 0 Å². The first-order valence-electron chi connectivity index (χ1n) is 9.52. The first kappa shape index (κ1) is 19.0. The second-order valence-electron chi connectivity index (χ2n) is 7.16. The molecule has 28 heavy (non-hydrogen) atoms. The fourth-order valence-electron chi connectivity index (χ4n) is 3.69. The summed E-state index contributed by atoms with van der Waals surface area (Å²) in [4.78, 5) is 2.28. The zero-order chi connectivity index (χ0) is 19.5. The highest BCUT2D eigenvalue weighted by molar-refractivity contribution is 6.33. The maximum absolute atomic E-state index is 10.0. The molecule has 1 aliphatic heterocycles. The average Bonchev–Trinajstić information content (AvgIpc) is 3.12. The van der Waals surface area contributed by atoms with Crippen LogP contribution in [0.3, 0.4) is 0 Å². The number of methoxy groups -OCH3 is 1. The van der Waals surface area contributed by atoms with Crippen molar-refractivity contribution in [2.24, 2.45) is 0 Å². The van der Waals surface area contributed by atoms with Crippen molar-refractivity contribution in [3.05, 3.63) is 65.3 Å². The Morgan fingerprint density at radius 3 is 2.68 bits per heavy atom. The van der Waals surface area contributed by atoms with Crippen molar-refractivity contribution in [3.63, 3.8) is 0 Å². The van der Waals surface area contributed by atoms with Gasteiger partial charge in [0.1, 0.15) is 5.75 Å². The van der Waals surface area contributed by atoms with Crippen LogP contribution in [0.4, 0.5) is 0 Å². The summed E-state index contributed by atoms with van der Waals surface area (Å²) in [5.41, 5.74) is 3.85. The van der Waals surface area contributed by atoms with E-state index in [1.54, 1.807) is 7.11 Å². The van der Waals surface area contributed by atoms with E-state index < -0.39 is 0 Å². The molecule has 6 heteroatoms. The quantitative estimate of drug-likeness (QED) is 0.702. The van der Waals surface area contributed by atoms with Crippen LogP contribution in [0.1, 0.15) is 18.4 Å². The smallest absolute Gasteiger partial charge is 0.119 e. The number of likely N-dealkylation sites (tertiary alicyclic amines) is 1. The molecule has 0 bridgehead atoms.